The Bertz CT molecular complexity index is 114. The van der Waals surface area contributed by atoms with Gasteiger partial charge in [-0.15, -0.1) is 0 Å². The lowest BCUT2D eigenvalue weighted by Gasteiger charge is -2.26. The molecule has 0 aliphatic rings. The summed E-state index contributed by atoms with van der Waals surface area (Å²) in [6, 6.07) is 0.315. The van der Waals surface area contributed by atoms with Crippen LogP contribution in [0, 0.1) is 0 Å². The molecule has 0 aliphatic carbocycles. The van der Waals surface area contributed by atoms with E-state index in [1.54, 1.807) is 0 Å². The highest BCUT2D eigenvalue weighted by Gasteiger charge is 2.19. The van der Waals surface area contributed by atoms with Crippen LogP contribution in [0.5, 0.6) is 0 Å². The molecule has 0 radical (unpaired) electrons. The Balaban J connectivity index is 3.96. The molecule has 3 heteroatoms. The molecule has 0 spiro atoms. The molecule has 2 atom stereocenters. The van der Waals surface area contributed by atoms with Gasteiger partial charge in [-0.1, -0.05) is 13.3 Å². The average Bonchev–Trinajstić information content (AvgIpc) is 2.19. The highest BCUT2D eigenvalue weighted by molar-refractivity contribution is 4.75. The SMILES string of the molecule is CCCC(OCC)C(COCC)NC. The van der Waals surface area contributed by atoms with Crippen molar-refractivity contribution < 1.29 is 9.47 Å². The van der Waals surface area contributed by atoms with E-state index in [-0.39, 0.29) is 6.10 Å². The van der Waals surface area contributed by atoms with Crippen molar-refractivity contribution in [3.63, 3.8) is 0 Å². The van der Waals surface area contributed by atoms with Gasteiger partial charge in [-0.3, -0.25) is 0 Å². The van der Waals surface area contributed by atoms with Gasteiger partial charge in [0.25, 0.3) is 0 Å². The van der Waals surface area contributed by atoms with Gasteiger partial charge in [0.15, 0.2) is 0 Å². The molecule has 0 saturated carbocycles. The topological polar surface area (TPSA) is 30.5 Å². The minimum absolute atomic E-state index is 0.279. The maximum atomic E-state index is 5.69. The molecule has 86 valence electrons. The van der Waals surface area contributed by atoms with Crippen molar-refractivity contribution in [1.82, 2.24) is 5.32 Å². The van der Waals surface area contributed by atoms with Gasteiger partial charge in [0.1, 0.15) is 0 Å². The summed E-state index contributed by atoms with van der Waals surface area (Å²) in [6.07, 6.45) is 2.52. The molecule has 0 aromatic carbocycles. The van der Waals surface area contributed by atoms with E-state index in [0.717, 1.165) is 32.7 Å². The Hall–Kier alpha value is -0.120. The van der Waals surface area contributed by atoms with E-state index in [1.165, 1.54) is 0 Å². The van der Waals surface area contributed by atoms with Crippen LogP contribution in [0.1, 0.15) is 33.6 Å². The highest BCUT2D eigenvalue weighted by atomic mass is 16.5. The molecule has 0 rings (SSSR count). The maximum Gasteiger partial charge on any atom is 0.0750 e. The summed E-state index contributed by atoms with van der Waals surface area (Å²) in [6.45, 7) is 8.51. The second-order valence-corrected chi connectivity index (χ2v) is 3.34. The molecule has 0 aromatic rings. The first-order chi connectivity index (χ1) is 6.79. The standard InChI is InChI=1S/C11H25NO2/c1-5-8-11(14-7-3)10(12-4)9-13-6-2/h10-12H,5-9H2,1-4H3. The molecule has 1 N–H and O–H groups in total. The Kier molecular flexibility index (Phi) is 9.35. The summed E-state index contributed by atoms with van der Waals surface area (Å²) in [5.41, 5.74) is 0. The average molecular weight is 203 g/mol. The van der Waals surface area contributed by atoms with Crippen LogP contribution in [0.3, 0.4) is 0 Å². The fourth-order valence-electron chi connectivity index (χ4n) is 1.52. The van der Waals surface area contributed by atoms with E-state index in [4.69, 9.17) is 9.47 Å². The molecular weight excluding hydrogens is 178 g/mol. The van der Waals surface area contributed by atoms with Gasteiger partial charge in [-0.05, 0) is 27.3 Å². The highest BCUT2D eigenvalue weighted by Crippen LogP contribution is 2.08. The Morgan fingerprint density at radius 3 is 2.29 bits per heavy atom. The van der Waals surface area contributed by atoms with E-state index in [2.05, 4.69) is 12.2 Å². The van der Waals surface area contributed by atoms with Crippen LogP contribution >= 0.6 is 0 Å². The summed E-state index contributed by atoms with van der Waals surface area (Å²) in [4.78, 5) is 0. The Morgan fingerprint density at radius 1 is 1.14 bits per heavy atom. The van der Waals surface area contributed by atoms with Crippen molar-refractivity contribution in [2.24, 2.45) is 0 Å². The second kappa shape index (κ2) is 9.44. The van der Waals surface area contributed by atoms with Gasteiger partial charge >= 0.3 is 0 Å². The first-order valence-electron chi connectivity index (χ1n) is 5.66. The zero-order chi connectivity index (χ0) is 10.8. The molecule has 0 amide bonds. The normalized spacial score (nSPS) is 15.4. The first-order valence-corrected chi connectivity index (χ1v) is 5.66. The predicted molar refractivity (Wildman–Crippen MR) is 59.7 cm³/mol. The molecule has 0 bridgehead atoms. The number of hydrogen-bond acceptors (Lipinski definition) is 3. The van der Waals surface area contributed by atoms with E-state index in [0.29, 0.717) is 6.04 Å². The van der Waals surface area contributed by atoms with Gasteiger partial charge < -0.3 is 14.8 Å². The maximum absolute atomic E-state index is 5.69. The Morgan fingerprint density at radius 2 is 1.86 bits per heavy atom. The lowest BCUT2D eigenvalue weighted by atomic mass is 10.1. The second-order valence-electron chi connectivity index (χ2n) is 3.34. The van der Waals surface area contributed by atoms with Crippen LogP contribution in [0.15, 0.2) is 0 Å². The van der Waals surface area contributed by atoms with Crippen LogP contribution in [-0.4, -0.2) is 39.0 Å². The molecule has 0 aromatic heterocycles. The third kappa shape index (κ3) is 5.58. The van der Waals surface area contributed by atoms with Crippen molar-refractivity contribution in [3.8, 4) is 0 Å². The summed E-state index contributed by atoms with van der Waals surface area (Å²) in [5, 5.41) is 3.26. The smallest absolute Gasteiger partial charge is 0.0750 e. The number of nitrogens with one attached hydrogen (secondary N) is 1. The Labute approximate surface area is 88.2 Å². The van der Waals surface area contributed by atoms with E-state index >= 15 is 0 Å². The summed E-state index contributed by atoms with van der Waals surface area (Å²) >= 11 is 0. The third-order valence-electron chi connectivity index (χ3n) is 2.28. The number of rotatable bonds is 9. The van der Waals surface area contributed by atoms with Crippen LogP contribution in [0.4, 0.5) is 0 Å². The number of likely N-dealkylation sites (N-methyl/N-ethyl adjacent to an activating group) is 1. The van der Waals surface area contributed by atoms with Gasteiger partial charge in [0.05, 0.1) is 18.8 Å². The van der Waals surface area contributed by atoms with Crippen molar-refractivity contribution >= 4 is 0 Å². The molecule has 0 aliphatic heterocycles. The van der Waals surface area contributed by atoms with Crippen LogP contribution in [-0.2, 0) is 9.47 Å². The summed E-state index contributed by atoms with van der Waals surface area (Å²) in [5.74, 6) is 0. The van der Waals surface area contributed by atoms with Crippen LogP contribution in [0.25, 0.3) is 0 Å². The van der Waals surface area contributed by atoms with Crippen molar-refractivity contribution in [2.75, 3.05) is 26.9 Å². The van der Waals surface area contributed by atoms with Crippen molar-refractivity contribution in [1.29, 1.82) is 0 Å². The summed E-state index contributed by atoms with van der Waals surface area (Å²) in [7, 11) is 1.96. The lowest BCUT2D eigenvalue weighted by Crippen LogP contribution is -2.43. The molecule has 0 heterocycles. The fraction of sp³-hybridized carbons (Fsp3) is 1.00. The molecular formula is C11H25NO2. The predicted octanol–water partition coefficient (Wildman–Crippen LogP) is 1.82. The van der Waals surface area contributed by atoms with E-state index < -0.39 is 0 Å². The number of hydrogen-bond donors (Lipinski definition) is 1. The molecule has 0 fully saturated rings. The number of ether oxygens (including phenoxy) is 2. The zero-order valence-electron chi connectivity index (χ0n) is 10.0. The molecule has 3 nitrogen and oxygen atoms in total. The lowest BCUT2D eigenvalue weighted by molar-refractivity contribution is -0.0000477. The van der Waals surface area contributed by atoms with Crippen molar-refractivity contribution in [2.45, 2.75) is 45.8 Å². The van der Waals surface area contributed by atoms with Gasteiger partial charge in [-0.25, -0.2) is 0 Å². The fourth-order valence-corrected chi connectivity index (χ4v) is 1.52. The quantitative estimate of drug-likeness (QED) is 0.620. The minimum atomic E-state index is 0.279. The monoisotopic (exact) mass is 203 g/mol. The summed E-state index contributed by atoms with van der Waals surface area (Å²) < 4.78 is 11.1. The largest absolute Gasteiger partial charge is 0.380 e. The van der Waals surface area contributed by atoms with E-state index in [9.17, 15) is 0 Å². The third-order valence-corrected chi connectivity index (χ3v) is 2.28. The molecule has 0 saturated heterocycles. The van der Waals surface area contributed by atoms with Gasteiger partial charge in [0, 0.05) is 13.2 Å². The van der Waals surface area contributed by atoms with Gasteiger partial charge in [-0.2, -0.15) is 0 Å². The van der Waals surface area contributed by atoms with Crippen LogP contribution < -0.4 is 5.32 Å². The first kappa shape index (κ1) is 13.9. The van der Waals surface area contributed by atoms with Crippen molar-refractivity contribution in [3.05, 3.63) is 0 Å². The molecule has 14 heavy (non-hydrogen) atoms. The van der Waals surface area contributed by atoms with Crippen LogP contribution in [0.2, 0.25) is 0 Å². The van der Waals surface area contributed by atoms with Gasteiger partial charge in [0.2, 0.25) is 0 Å². The molecule has 2 unspecified atom stereocenters. The minimum Gasteiger partial charge on any atom is -0.380 e. The zero-order valence-corrected chi connectivity index (χ0v) is 10.0. The van der Waals surface area contributed by atoms with E-state index in [1.807, 2.05) is 20.9 Å².